The molecule has 36 heavy (non-hydrogen) atoms. The number of sulfonamides is 1. The van der Waals surface area contributed by atoms with Crippen LogP contribution in [0.5, 0.6) is 11.5 Å². The average molecular weight is 533 g/mol. The minimum atomic E-state index is -3.70. The summed E-state index contributed by atoms with van der Waals surface area (Å²) in [5.41, 5.74) is 0.937. The van der Waals surface area contributed by atoms with Gasteiger partial charge in [-0.2, -0.15) is 4.98 Å². The van der Waals surface area contributed by atoms with Gasteiger partial charge < -0.3 is 20.1 Å². The zero-order chi connectivity index (χ0) is 25.5. The van der Waals surface area contributed by atoms with Crippen molar-refractivity contribution in [2.75, 3.05) is 51.0 Å². The molecule has 1 aliphatic heterocycles. The summed E-state index contributed by atoms with van der Waals surface area (Å²) < 4.78 is 38.5. The number of ether oxygens (including phenoxy) is 2. The van der Waals surface area contributed by atoms with Crippen molar-refractivity contribution in [2.24, 2.45) is 0 Å². The molecule has 3 aromatic rings. The number of aromatic nitrogens is 2. The van der Waals surface area contributed by atoms with Gasteiger partial charge in [0, 0.05) is 12.6 Å². The largest absolute Gasteiger partial charge is 0.495 e. The Balaban J connectivity index is 1.52. The van der Waals surface area contributed by atoms with Crippen LogP contribution in [0.1, 0.15) is 12.8 Å². The first-order valence-corrected chi connectivity index (χ1v) is 13.4. The predicted octanol–water partition coefficient (Wildman–Crippen LogP) is 4.01. The lowest BCUT2D eigenvalue weighted by atomic mass is 10.2. The Hall–Kier alpha value is -3.12. The minimum absolute atomic E-state index is 0.0668. The monoisotopic (exact) mass is 532 g/mol. The first kappa shape index (κ1) is 26.0. The van der Waals surface area contributed by atoms with Gasteiger partial charge >= 0.3 is 0 Å². The Morgan fingerprint density at radius 3 is 2.61 bits per heavy atom. The van der Waals surface area contributed by atoms with Crippen molar-refractivity contribution in [2.45, 2.75) is 17.7 Å². The van der Waals surface area contributed by atoms with E-state index < -0.39 is 10.0 Å². The summed E-state index contributed by atoms with van der Waals surface area (Å²) in [5, 5.41) is 6.36. The van der Waals surface area contributed by atoms with Gasteiger partial charge in [0.05, 0.1) is 24.7 Å². The molecular weight excluding hydrogens is 504 g/mol. The Bertz CT molecular complexity index is 1300. The second-order valence-corrected chi connectivity index (χ2v) is 10.4. The number of hydrogen-bond acceptors (Lipinski definition) is 9. The van der Waals surface area contributed by atoms with Gasteiger partial charge in [-0.05, 0) is 57.2 Å². The number of benzene rings is 2. The molecule has 1 fully saturated rings. The maximum atomic E-state index is 12.4. The lowest BCUT2D eigenvalue weighted by molar-refractivity contribution is 0.237. The summed E-state index contributed by atoms with van der Waals surface area (Å²) in [6.07, 6.45) is 3.91. The van der Waals surface area contributed by atoms with E-state index in [2.05, 4.69) is 30.2 Å². The number of likely N-dealkylation sites (tertiary alicyclic amines) is 1. The van der Waals surface area contributed by atoms with Crippen LogP contribution in [0.2, 0.25) is 5.02 Å². The highest BCUT2D eigenvalue weighted by molar-refractivity contribution is 7.89. The summed E-state index contributed by atoms with van der Waals surface area (Å²) in [6.45, 7) is 3.71. The molecule has 0 atom stereocenters. The smallest absolute Gasteiger partial charge is 0.242 e. The normalized spacial score (nSPS) is 14.0. The SMILES string of the molecule is CNS(=O)(=O)c1ccccc1Nc1nc(Nc2cc(OCCN3CCCC3)ccc2OC)ncc1Cl. The molecule has 0 spiro atoms. The van der Waals surface area contributed by atoms with Crippen molar-refractivity contribution in [1.82, 2.24) is 19.6 Å². The zero-order valence-electron chi connectivity index (χ0n) is 20.1. The van der Waals surface area contributed by atoms with E-state index in [0.29, 0.717) is 29.5 Å². The van der Waals surface area contributed by atoms with Crippen LogP contribution in [0.3, 0.4) is 0 Å². The molecule has 0 amide bonds. The van der Waals surface area contributed by atoms with Crippen LogP contribution in [0.25, 0.3) is 0 Å². The lowest BCUT2D eigenvalue weighted by Crippen LogP contribution is -2.25. The van der Waals surface area contributed by atoms with Gasteiger partial charge in [0.2, 0.25) is 16.0 Å². The molecule has 0 saturated carbocycles. The highest BCUT2D eigenvalue weighted by atomic mass is 35.5. The van der Waals surface area contributed by atoms with Crippen molar-refractivity contribution in [3.63, 3.8) is 0 Å². The van der Waals surface area contributed by atoms with Gasteiger partial charge in [-0.15, -0.1) is 0 Å². The summed E-state index contributed by atoms with van der Waals surface area (Å²) in [5.74, 6) is 1.75. The lowest BCUT2D eigenvalue weighted by Gasteiger charge is -2.17. The molecule has 192 valence electrons. The number of halogens is 1. The second kappa shape index (κ2) is 11.7. The summed E-state index contributed by atoms with van der Waals surface area (Å²) in [4.78, 5) is 11.2. The summed E-state index contributed by atoms with van der Waals surface area (Å²) in [7, 11) is -0.772. The molecule has 4 rings (SSSR count). The van der Waals surface area contributed by atoms with E-state index in [1.807, 2.05) is 12.1 Å². The molecule has 12 heteroatoms. The molecule has 0 aliphatic carbocycles. The molecule has 2 heterocycles. The molecule has 0 radical (unpaired) electrons. The minimum Gasteiger partial charge on any atom is -0.495 e. The van der Waals surface area contributed by atoms with E-state index in [0.717, 1.165) is 19.6 Å². The van der Waals surface area contributed by atoms with Crippen LogP contribution in [-0.4, -0.2) is 63.7 Å². The van der Waals surface area contributed by atoms with E-state index in [4.69, 9.17) is 21.1 Å². The number of nitrogens with zero attached hydrogens (tertiary/aromatic N) is 3. The van der Waals surface area contributed by atoms with E-state index in [9.17, 15) is 8.42 Å². The third kappa shape index (κ3) is 6.35. The van der Waals surface area contributed by atoms with Crippen LogP contribution in [0.15, 0.2) is 53.6 Å². The number of nitrogens with one attached hydrogen (secondary N) is 3. The van der Waals surface area contributed by atoms with Crippen molar-refractivity contribution in [3.8, 4) is 11.5 Å². The van der Waals surface area contributed by atoms with Crippen LogP contribution < -0.4 is 24.8 Å². The van der Waals surface area contributed by atoms with Crippen molar-refractivity contribution < 1.29 is 17.9 Å². The fourth-order valence-electron chi connectivity index (χ4n) is 3.85. The van der Waals surface area contributed by atoms with E-state index in [-0.39, 0.29) is 21.7 Å². The van der Waals surface area contributed by atoms with Gasteiger partial charge in [-0.3, -0.25) is 4.90 Å². The Kier molecular flexibility index (Phi) is 8.47. The third-order valence-electron chi connectivity index (χ3n) is 5.73. The van der Waals surface area contributed by atoms with Crippen molar-refractivity contribution >= 4 is 44.8 Å². The second-order valence-electron chi connectivity index (χ2n) is 8.10. The quantitative estimate of drug-likeness (QED) is 0.336. The summed E-state index contributed by atoms with van der Waals surface area (Å²) in [6, 6.07) is 11.9. The maximum absolute atomic E-state index is 12.4. The topological polar surface area (TPSA) is 118 Å². The van der Waals surface area contributed by atoms with Gasteiger partial charge in [0.15, 0.2) is 5.82 Å². The van der Waals surface area contributed by atoms with Crippen molar-refractivity contribution in [3.05, 3.63) is 53.7 Å². The fraction of sp³-hybridized carbons (Fsp3) is 0.333. The highest BCUT2D eigenvalue weighted by Crippen LogP contribution is 2.33. The highest BCUT2D eigenvalue weighted by Gasteiger charge is 2.18. The first-order chi connectivity index (χ1) is 17.4. The number of hydrogen-bond donors (Lipinski definition) is 3. The Morgan fingerprint density at radius 2 is 1.86 bits per heavy atom. The molecule has 1 aliphatic rings. The molecule has 3 N–H and O–H groups in total. The molecule has 1 saturated heterocycles. The standard InChI is InChI=1S/C24H29ClN6O4S/c1-26-36(32,33)22-8-4-3-7-19(22)28-23-18(25)16-27-24(30-23)29-20-15-17(9-10-21(20)34-2)35-14-13-31-11-5-6-12-31/h3-4,7-10,15-16,26H,5-6,11-14H2,1-2H3,(H2,27,28,29,30). The Labute approximate surface area is 216 Å². The van der Waals surface area contributed by atoms with Crippen LogP contribution in [0, 0.1) is 0 Å². The van der Waals surface area contributed by atoms with Gasteiger partial charge in [0.1, 0.15) is 28.0 Å². The predicted molar refractivity (Wildman–Crippen MR) is 140 cm³/mol. The number of anilines is 4. The van der Waals surface area contributed by atoms with Crippen LogP contribution >= 0.6 is 11.6 Å². The summed E-state index contributed by atoms with van der Waals surface area (Å²) >= 11 is 6.32. The number of rotatable bonds is 11. The Morgan fingerprint density at radius 1 is 1.08 bits per heavy atom. The third-order valence-corrected chi connectivity index (χ3v) is 7.48. The van der Waals surface area contributed by atoms with Gasteiger partial charge in [0.25, 0.3) is 0 Å². The molecular formula is C24H29ClN6O4S. The van der Waals surface area contributed by atoms with Crippen LogP contribution in [-0.2, 0) is 10.0 Å². The zero-order valence-corrected chi connectivity index (χ0v) is 21.7. The molecule has 0 unspecified atom stereocenters. The first-order valence-electron chi connectivity index (χ1n) is 11.5. The maximum Gasteiger partial charge on any atom is 0.242 e. The molecule has 10 nitrogen and oxygen atoms in total. The van der Waals surface area contributed by atoms with Gasteiger partial charge in [-0.25, -0.2) is 18.1 Å². The van der Waals surface area contributed by atoms with Crippen molar-refractivity contribution in [1.29, 1.82) is 0 Å². The molecule has 1 aromatic heterocycles. The molecule has 2 aromatic carbocycles. The fourth-order valence-corrected chi connectivity index (χ4v) is 4.88. The van der Waals surface area contributed by atoms with E-state index in [1.54, 1.807) is 31.4 Å². The van der Waals surface area contributed by atoms with Gasteiger partial charge in [-0.1, -0.05) is 23.7 Å². The van der Waals surface area contributed by atoms with E-state index in [1.165, 1.54) is 32.2 Å². The van der Waals surface area contributed by atoms with Crippen LogP contribution in [0.4, 0.5) is 23.1 Å². The average Bonchev–Trinajstić information content (AvgIpc) is 3.40. The number of para-hydroxylation sites is 1. The number of methoxy groups -OCH3 is 1. The van der Waals surface area contributed by atoms with E-state index >= 15 is 0 Å². The molecule has 0 bridgehead atoms.